The van der Waals surface area contributed by atoms with Crippen LogP contribution in [-0.4, -0.2) is 79.6 Å². The first-order valence-electron chi connectivity index (χ1n) is 10.3. The Morgan fingerprint density at radius 2 is 0.438 bits per heavy atom. The van der Waals surface area contributed by atoms with E-state index in [2.05, 4.69) is 0 Å². The van der Waals surface area contributed by atoms with Crippen molar-refractivity contribution >= 4 is 45.4 Å². The van der Waals surface area contributed by atoms with E-state index in [9.17, 15) is 0 Å². The Morgan fingerprint density at radius 1 is 0.344 bits per heavy atom. The molecule has 9 nitrogen and oxygen atoms in total. The Labute approximate surface area is 208 Å². The van der Waals surface area contributed by atoms with Crippen LogP contribution in [0.25, 0.3) is 0 Å². The maximum atomic E-state index is 8.90. The van der Waals surface area contributed by atoms with Crippen molar-refractivity contribution in [2.24, 2.45) is 0 Å². The van der Waals surface area contributed by atoms with Crippen molar-refractivity contribution in [1.29, 1.82) is 0 Å². The number of hydrogen-bond donors (Lipinski definition) is 6. The van der Waals surface area contributed by atoms with Gasteiger partial charge in [0.15, 0.2) is 0 Å². The van der Waals surface area contributed by atoms with E-state index in [1.807, 2.05) is 83.1 Å². The van der Waals surface area contributed by atoms with Gasteiger partial charge in [-0.05, 0) is 83.1 Å². The van der Waals surface area contributed by atoms with E-state index in [4.69, 9.17) is 29.4 Å². The molecular formula is C18H48N3O6P5. The summed E-state index contributed by atoms with van der Waals surface area (Å²) in [6.07, 6.45) is 0. The molecule has 0 fully saturated rings. The van der Waals surface area contributed by atoms with E-state index in [1.54, 1.807) is 14.0 Å². The molecule has 0 rings (SSSR count). The molecule has 0 spiro atoms. The highest BCUT2D eigenvalue weighted by molar-refractivity contribution is 7.42. The molecular weight excluding hydrogens is 509 g/mol. The molecule has 0 bridgehead atoms. The molecule has 0 aliphatic rings. The van der Waals surface area contributed by atoms with Crippen LogP contribution >= 0.6 is 45.4 Å². The average Bonchev–Trinajstić information content (AvgIpc) is 2.43. The number of nitrogens with zero attached hydrogens (tertiary/aromatic N) is 3. The smallest absolute Gasteiger partial charge is 0.253 e. The fourth-order valence-corrected chi connectivity index (χ4v) is 5.51. The lowest BCUT2D eigenvalue weighted by molar-refractivity contribution is 0.258. The van der Waals surface area contributed by atoms with Gasteiger partial charge in [0.2, 0.25) is 0 Å². The van der Waals surface area contributed by atoms with Gasteiger partial charge in [-0.1, -0.05) is 0 Å². The normalized spacial score (nSPS) is 11.8. The Kier molecular flexibility index (Phi) is 31.8. The minimum Gasteiger partial charge on any atom is -0.338 e. The molecule has 0 aliphatic heterocycles. The summed E-state index contributed by atoms with van der Waals surface area (Å²) in [7, 11) is -5.73. The molecule has 6 radical (unpaired) electrons. The predicted molar refractivity (Wildman–Crippen MR) is 144 cm³/mol. The molecule has 0 aliphatic carbocycles. The van der Waals surface area contributed by atoms with Gasteiger partial charge in [-0.15, -0.1) is 0 Å². The molecule has 0 saturated heterocycles. The highest BCUT2D eigenvalue weighted by atomic mass is 31.2. The van der Waals surface area contributed by atoms with Crippen molar-refractivity contribution in [3.8, 4) is 0 Å². The third-order valence-electron chi connectivity index (χ3n) is 3.79. The Hall–Kier alpha value is 1.79. The van der Waals surface area contributed by atoms with Crippen LogP contribution in [0.5, 0.6) is 0 Å². The second kappa shape index (κ2) is 23.2. The molecule has 0 atom stereocenters. The molecule has 0 saturated carbocycles. The third-order valence-corrected chi connectivity index (χ3v) is 7.80. The lowest BCUT2D eigenvalue weighted by atomic mass is 10.3. The summed E-state index contributed by atoms with van der Waals surface area (Å²) >= 11 is 0. The van der Waals surface area contributed by atoms with Crippen LogP contribution in [0.15, 0.2) is 0 Å². The highest BCUT2D eigenvalue weighted by Gasteiger charge is 2.21. The van der Waals surface area contributed by atoms with Gasteiger partial charge < -0.3 is 29.4 Å². The SMILES string of the molecule is CC(C)N(C(C)C)P(O)O.CC(C)N(C(C)C)P(O)O.CC(C)N(C(C)C)P(O)O.[P].[P]. The predicted octanol–water partition coefficient (Wildman–Crippen LogP) is 5.67. The van der Waals surface area contributed by atoms with E-state index in [0.717, 1.165) is 0 Å². The van der Waals surface area contributed by atoms with Crippen molar-refractivity contribution in [2.75, 3.05) is 0 Å². The van der Waals surface area contributed by atoms with Crippen LogP contribution in [0.3, 0.4) is 0 Å². The zero-order valence-electron chi connectivity index (χ0n) is 21.7. The Morgan fingerprint density at radius 3 is 0.438 bits per heavy atom. The minimum atomic E-state index is -1.91. The summed E-state index contributed by atoms with van der Waals surface area (Å²) in [5.74, 6) is 0. The quantitative estimate of drug-likeness (QED) is 0.199. The summed E-state index contributed by atoms with van der Waals surface area (Å²) in [5, 5.41) is 0. The molecule has 0 unspecified atom stereocenters. The molecule has 0 aromatic heterocycles. The first kappa shape index (κ1) is 43.8. The van der Waals surface area contributed by atoms with Gasteiger partial charge in [-0.2, -0.15) is 0 Å². The van der Waals surface area contributed by atoms with Gasteiger partial charge >= 0.3 is 0 Å². The monoisotopic (exact) mass is 557 g/mol. The van der Waals surface area contributed by atoms with Crippen LogP contribution < -0.4 is 0 Å². The maximum Gasteiger partial charge on any atom is 0.253 e. The van der Waals surface area contributed by atoms with E-state index >= 15 is 0 Å². The van der Waals surface area contributed by atoms with Crippen LogP contribution in [-0.2, 0) is 0 Å². The minimum absolute atomic E-state index is 0. The maximum absolute atomic E-state index is 8.90. The molecule has 196 valence electrons. The molecule has 32 heavy (non-hydrogen) atoms. The average molecular weight is 557 g/mol. The summed E-state index contributed by atoms with van der Waals surface area (Å²) < 4.78 is 5.03. The van der Waals surface area contributed by atoms with E-state index in [0.29, 0.717) is 0 Å². The number of hydrogen-bond acceptors (Lipinski definition) is 9. The summed E-state index contributed by atoms with van der Waals surface area (Å²) in [6.45, 7) is 23.4. The van der Waals surface area contributed by atoms with Crippen LogP contribution in [0.4, 0.5) is 0 Å². The van der Waals surface area contributed by atoms with Gasteiger partial charge in [0, 0.05) is 56.0 Å². The van der Waals surface area contributed by atoms with Crippen molar-refractivity contribution in [1.82, 2.24) is 14.0 Å². The number of rotatable bonds is 9. The van der Waals surface area contributed by atoms with Gasteiger partial charge in [-0.25, -0.2) is 14.0 Å². The van der Waals surface area contributed by atoms with Crippen LogP contribution in [0, 0.1) is 0 Å². The van der Waals surface area contributed by atoms with Crippen molar-refractivity contribution in [2.45, 2.75) is 119 Å². The summed E-state index contributed by atoms with van der Waals surface area (Å²) in [4.78, 5) is 53.4. The first-order chi connectivity index (χ1) is 13.4. The van der Waals surface area contributed by atoms with E-state index < -0.39 is 25.6 Å². The second-order valence-electron chi connectivity index (χ2n) is 8.51. The Balaban J connectivity index is -0.000000110. The molecule has 14 heteroatoms. The van der Waals surface area contributed by atoms with Crippen molar-refractivity contribution in [3.05, 3.63) is 0 Å². The van der Waals surface area contributed by atoms with Crippen molar-refractivity contribution in [3.63, 3.8) is 0 Å². The topological polar surface area (TPSA) is 131 Å². The summed E-state index contributed by atoms with van der Waals surface area (Å²) in [6, 6.07) is 1.17. The van der Waals surface area contributed by atoms with Crippen molar-refractivity contribution < 1.29 is 29.4 Å². The van der Waals surface area contributed by atoms with Crippen LogP contribution in [0.2, 0.25) is 0 Å². The molecule has 0 aromatic rings. The largest absolute Gasteiger partial charge is 0.338 e. The standard InChI is InChI=1S/3C6H16NO2P.2P/c3*1-5(2)7(6(3)4)10(8)9;;/h3*5-6,8-9H,1-4H3;;. The summed E-state index contributed by atoms with van der Waals surface area (Å²) in [5.41, 5.74) is 0. The third kappa shape index (κ3) is 21.1. The highest BCUT2D eigenvalue weighted by Crippen LogP contribution is 2.35. The fraction of sp³-hybridized carbons (Fsp3) is 1.00. The molecule has 0 aromatic carbocycles. The zero-order valence-corrected chi connectivity index (χ0v) is 26.2. The van der Waals surface area contributed by atoms with Gasteiger partial charge in [0.1, 0.15) is 0 Å². The lowest BCUT2D eigenvalue weighted by Gasteiger charge is -2.30. The Bertz CT molecular complexity index is 293. The van der Waals surface area contributed by atoms with Gasteiger partial charge in [-0.3, -0.25) is 0 Å². The van der Waals surface area contributed by atoms with Crippen LogP contribution in [0.1, 0.15) is 83.1 Å². The van der Waals surface area contributed by atoms with Gasteiger partial charge in [0.25, 0.3) is 25.6 Å². The van der Waals surface area contributed by atoms with E-state index in [-0.39, 0.29) is 56.0 Å². The lowest BCUT2D eigenvalue weighted by Crippen LogP contribution is -2.31. The van der Waals surface area contributed by atoms with E-state index in [1.165, 1.54) is 0 Å². The molecule has 6 N–H and O–H groups in total. The fourth-order valence-electron chi connectivity index (χ4n) is 3.03. The molecule has 0 amide bonds. The zero-order chi connectivity index (χ0) is 24.9. The molecule has 0 heterocycles. The first-order valence-corrected chi connectivity index (χ1v) is 13.9. The second-order valence-corrected chi connectivity index (χ2v) is 11.5. The van der Waals surface area contributed by atoms with Gasteiger partial charge in [0.05, 0.1) is 0 Å².